The number of ether oxygens (including phenoxy) is 1. The van der Waals surface area contributed by atoms with Gasteiger partial charge in [-0.25, -0.2) is 0 Å². The van der Waals surface area contributed by atoms with Crippen molar-refractivity contribution in [3.8, 4) is 5.75 Å². The molecule has 0 bridgehead atoms. The van der Waals surface area contributed by atoms with Crippen LogP contribution in [0.15, 0.2) is 66.7 Å². The molecule has 3 aromatic carbocycles. The Kier molecular flexibility index (Phi) is 7.03. The van der Waals surface area contributed by atoms with Crippen molar-refractivity contribution in [3.05, 3.63) is 72.3 Å². The number of nitrogens with one attached hydrogen (secondary N) is 3. The number of likely N-dealkylation sites (N-methyl/N-ethyl adjacent to an activating group) is 1. The van der Waals surface area contributed by atoms with Crippen molar-refractivity contribution in [2.24, 2.45) is 0 Å². The van der Waals surface area contributed by atoms with Gasteiger partial charge in [-0.3, -0.25) is 9.59 Å². The van der Waals surface area contributed by atoms with E-state index in [1.54, 1.807) is 31.4 Å². The van der Waals surface area contributed by atoms with E-state index in [-0.39, 0.29) is 30.9 Å². The average Bonchev–Trinajstić information content (AvgIpc) is 2.73. The average molecular weight is 407 g/mol. The third-order valence-corrected chi connectivity index (χ3v) is 4.97. The number of methoxy groups -OCH3 is 1. The van der Waals surface area contributed by atoms with Crippen molar-refractivity contribution in [2.75, 3.05) is 32.6 Å². The first-order chi connectivity index (χ1) is 14.5. The number of quaternary nitrogens is 1. The summed E-state index contributed by atoms with van der Waals surface area (Å²) in [5.74, 6) is 0.491. The van der Waals surface area contributed by atoms with Crippen molar-refractivity contribution in [1.29, 1.82) is 0 Å². The standard InChI is InChI=1S/C24H27N3O3/c1-17(21-10-6-8-18-7-4-5-9-22(18)21)25-23(28)15-27(2)16-24(29)26-19-11-13-20(30-3)14-12-19/h4-14,17H,15-16H2,1-3H3,(H,25,28)(H,26,29)/p+1/t17-/m1/s1. The molecule has 0 radical (unpaired) electrons. The van der Waals surface area contributed by atoms with Gasteiger partial charge in [-0.1, -0.05) is 42.5 Å². The molecule has 0 aromatic heterocycles. The number of benzene rings is 3. The minimum Gasteiger partial charge on any atom is -0.497 e. The van der Waals surface area contributed by atoms with Crippen LogP contribution in [-0.2, 0) is 9.59 Å². The summed E-state index contributed by atoms with van der Waals surface area (Å²) in [6.45, 7) is 2.39. The van der Waals surface area contributed by atoms with Crippen LogP contribution in [0.4, 0.5) is 5.69 Å². The van der Waals surface area contributed by atoms with Gasteiger partial charge >= 0.3 is 0 Å². The first kappa shape index (κ1) is 21.3. The Labute approximate surface area is 176 Å². The van der Waals surface area contributed by atoms with Crippen LogP contribution >= 0.6 is 0 Å². The van der Waals surface area contributed by atoms with Crippen molar-refractivity contribution in [3.63, 3.8) is 0 Å². The number of hydrogen-bond donors (Lipinski definition) is 3. The highest BCUT2D eigenvalue weighted by Gasteiger charge is 2.17. The first-order valence-electron chi connectivity index (χ1n) is 9.98. The SMILES string of the molecule is COc1ccc(NC(=O)C[NH+](C)CC(=O)N[C@H](C)c2cccc3ccccc23)cc1. The number of carbonyl (C=O) groups excluding carboxylic acids is 2. The predicted octanol–water partition coefficient (Wildman–Crippen LogP) is 2.18. The molecule has 3 N–H and O–H groups in total. The Balaban J connectivity index is 1.51. The fraction of sp³-hybridized carbons (Fsp3) is 0.250. The second-order valence-corrected chi connectivity index (χ2v) is 7.44. The number of fused-ring (bicyclic) bond motifs is 1. The molecule has 0 fully saturated rings. The van der Waals surface area contributed by atoms with E-state index in [0.29, 0.717) is 5.69 Å². The van der Waals surface area contributed by atoms with Crippen LogP contribution < -0.4 is 20.3 Å². The van der Waals surface area contributed by atoms with E-state index >= 15 is 0 Å². The topological polar surface area (TPSA) is 71.9 Å². The van der Waals surface area contributed by atoms with Crippen LogP contribution in [-0.4, -0.2) is 39.1 Å². The van der Waals surface area contributed by atoms with Gasteiger partial charge in [0.2, 0.25) is 0 Å². The van der Waals surface area contributed by atoms with E-state index in [1.807, 2.05) is 38.2 Å². The zero-order valence-corrected chi connectivity index (χ0v) is 17.6. The normalized spacial score (nSPS) is 12.8. The molecular weight excluding hydrogens is 378 g/mol. The van der Waals surface area contributed by atoms with Crippen LogP contribution in [0.2, 0.25) is 0 Å². The molecular formula is C24H28N3O3+. The summed E-state index contributed by atoms with van der Waals surface area (Å²) in [4.78, 5) is 25.6. The van der Waals surface area contributed by atoms with E-state index in [2.05, 4.69) is 28.8 Å². The molecule has 0 heterocycles. The molecule has 156 valence electrons. The monoisotopic (exact) mass is 406 g/mol. The summed E-state index contributed by atoms with van der Waals surface area (Å²) in [5, 5.41) is 8.17. The number of amides is 2. The largest absolute Gasteiger partial charge is 0.497 e. The van der Waals surface area contributed by atoms with Gasteiger partial charge in [-0.2, -0.15) is 0 Å². The van der Waals surface area contributed by atoms with Gasteiger partial charge in [0.25, 0.3) is 11.8 Å². The van der Waals surface area contributed by atoms with Crippen LogP contribution in [0.5, 0.6) is 5.75 Å². The molecule has 0 aliphatic carbocycles. The molecule has 2 amide bonds. The lowest BCUT2D eigenvalue weighted by atomic mass is 10.00. The van der Waals surface area contributed by atoms with Crippen LogP contribution in [0.25, 0.3) is 10.8 Å². The molecule has 6 heteroatoms. The maximum absolute atomic E-state index is 12.5. The van der Waals surface area contributed by atoms with Crippen molar-refractivity contribution in [1.82, 2.24) is 5.32 Å². The van der Waals surface area contributed by atoms with Crippen molar-refractivity contribution in [2.45, 2.75) is 13.0 Å². The molecule has 1 unspecified atom stereocenters. The van der Waals surface area contributed by atoms with Crippen molar-refractivity contribution >= 4 is 28.3 Å². The van der Waals surface area contributed by atoms with Gasteiger partial charge in [0, 0.05) is 5.69 Å². The number of hydrogen-bond acceptors (Lipinski definition) is 3. The summed E-state index contributed by atoms with van der Waals surface area (Å²) in [6, 6.07) is 21.2. The lowest BCUT2D eigenvalue weighted by Gasteiger charge is -2.18. The van der Waals surface area contributed by atoms with Gasteiger partial charge in [0.15, 0.2) is 13.1 Å². The Morgan fingerprint density at radius 1 is 0.933 bits per heavy atom. The molecule has 0 aliphatic rings. The molecule has 0 spiro atoms. The Morgan fingerprint density at radius 3 is 2.33 bits per heavy atom. The maximum atomic E-state index is 12.5. The molecule has 3 aromatic rings. The van der Waals surface area contributed by atoms with Crippen LogP contribution in [0, 0.1) is 0 Å². The summed E-state index contributed by atoms with van der Waals surface area (Å²) in [5.41, 5.74) is 1.78. The maximum Gasteiger partial charge on any atom is 0.279 e. The summed E-state index contributed by atoms with van der Waals surface area (Å²) in [7, 11) is 3.42. The van der Waals surface area contributed by atoms with Gasteiger partial charge in [0.1, 0.15) is 5.75 Å². The quantitative estimate of drug-likeness (QED) is 0.537. The van der Waals surface area contributed by atoms with Gasteiger partial charge in [-0.15, -0.1) is 0 Å². The molecule has 2 atom stereocenters. The van der Waals surface area contributed by atoms with E-state index in [4.69, 9.17) is 4.74 Å². The smallest absolute Gasteiger partial charge is 0.279 e. The first-order valence-corrected chi connectivity index (χ1v) is 9.98. The molecule has 6 nitrogen and oxygen atoms in total. The minimum absolute atomic E-state index is 0.0924. The van der Waals surface area contributed by atoms with E-state index < -0.39 is 0 Å². The number of anilines is 1. The molecule has 0 saturated heterocycles. The number of rotatable bonds is 8. The van der Waals surface area contributed by atoms with E-state index in [9.17, 15) is 9.59 Å². The van der Waals surface area contributed by atoms with E-state index in [0.717, 1.165) is 27.0 Å². The lowest BCUT2D eigenvalue weighted by molar-refractivity contribution is -0.862. The van der Waals surface area contributed by atoms with Crippen molar-refractivity contribution < 1.29 is 19.2 Å². The van der Waals surface area contributed by atoms with E-state index in [1.165, 1.54) is 0 Å². The zero-order valence-electron chi connectivity index (χ0n) is 17.6. The summed E-state index contributed by atoms with van der Waals surface area (Å²) in [6.07, 6.45) is 0. The Morgan fingerprint density at radius 2 is 1.60 bits per heavy atom. The van der Waals surface area contributed by atoms with Gasteiger partial charge in [-0.05, 0) is 47.5 Å². The third-order valence-electron chi connectivity index (χ3n) is 4.97. The highest BCUT2D eigenvalue weighted by Crippen LogP contribution is 2.23. The Hall–Kier alpha value is -3.38. The number of carbonyl (C=O) groups is 2. The molecule has 30 heavy (non-hydrogen) atoms. The predicted molar refractivity (Wildman–Crippen MR) is 119 cm³/mol. The fourth-order valence-electron chi connectivity index (χ4n) is 3.49. The third kappa shape index (κ3) is 5.58. The highest BCUT2D eigenvalue weighted by molar-refractivity contribution is 5.91. The summed E-state index contributed by atoms with van der Waals surface area (Å²) >= 11 is 0. The summed E-state index contributed by atoms with van der Waals surface area (Å²) < 4.78 is 5.11. The van der Waals surface area contributed by atoms with Crippen LogP contribution in [0.3, 0.4) is 0 Å². The van der Waals surface area contributed by atoms with Crippen LogP contribution in [0.1, 0.15) is 18.5 Å². The second kappa shape index (κ2) is 9.89. The van der Waals surface area contributed by atoms with Gasteiger partial charge < -0.3 is 20.3 Å². The highest BCUT2D eigenvalue weighted by atomic mass is 16.5. The Bertz CT molecular complexity index is 1010. The fourth-order valence-corrected chi connectivity index (χ4v) is 3.49. The zero-order chi connectivity index (χ0) is 21.5. The second-order valence-electron chi connectivity index (χ2n) is 7.44. The molecule has 0 saturated carbocycles. The van der Waals surface area contributed by atoms with Gasteiger partial charge in [0.05, 0.1) is 20.2 Å². The molecule has 3 rings (SSSR count). The minimum atomic E-state index is -0.146. The lowest BCUT2D eigenvalue weighted by Crippen LogP contribution is -3.11. The molecule has 0 aliphatic heterocycles.